The van der Waals surface area contributed by atoms with Gasteiger partial charge in [0.05, 0.1) is 5.69 Å². The minimum Gasteiger partial charge on any atom is -0.384 e. The third kappa shape index (κ3) is 2.29. The van der Waals surface area contributed by atoms with Crippen LogP contribution >= 0.6 is 0 Å². The minimum absolute atomic E-state index is 0.403. The molecule has 1 unspecified atom stereocenters. The third-order valence-corrected chi connectivity index (χ3v) is 1.98. The van der Waals surface area contributed by atoms with Crippen molar-refractivity contribution in [3.05, 3.63) is 36.6 Å². The Kier molecular flexibility index (Phi) is 2.34. The molecule has 15 heavy (non-hydrogen) atoms. The van der Waals surface area contributed by atoms with Crippen LogP contribution in [0.3, 0.4) is 0 Å². The Morgan fingerprint density at radius 3 is 2.93 bits per heavy atom. The number of nitrogens with zero attached hydrogens (tertiary/aromatic N) is 3. The summed E-state index contributed by atoms with van der Waals surface area (Å²) in [6.07, 6.45) is 8.65. The summed E-state index contributed by atoms with van der Waals surface area (Å²) < 4.78 is 0. The molecule has 2 heterocycles. The molecule has 0 amide bonds. The summed E-state index contributed by atoms with van der Waals surface area (Å²) in [5.74, 6) is -0.519. The molecule has 0 saturated carbocycles. The van der Waals surface area contributed by atoms with Gasteiger partial charge in [-0.3, -0.25) is 15.7 Å². The van der Waals surface area contributed by atoms with Gasteiger partial charge >= 0.3 is 0 Å². The number of hydrogen-bond acceptors (Lipinski definition) is 6. The fraction of sp³-hybridized carbons (Fsp3) is 0.222. The van der Waals surface area contributed by atoms with Crippen molar-refractivity contribution in [2.75, 3.05) is 0 Å². The Morgan fingerprint density at radius 2 is 2.27 bits per heavy atom. The first kappa shape index (κ1) is 9.60. The smallest absolute Gasteiger partial charge is 0.189 e. The molecule has 0 fully saturated rings. The maximum atomic E-state index is 5.98. The first-order valence-corrected chi connectivity index (χ1v) is 4.51. The average molecular weight is 204 g/mol. The van der Waals surface area contributed by atoms with Gasteiger partial charge in [-0.05, 0) is 6.08 Å². The topological polar surface area (TPSA) is 102 Å². The van der Waals surface area contributed by atoms with Crippen LogP contribution in [0.4, 0.5) is 0 Å². The first-order chi connectivity index (χ1) is 7.18. The van der Waals surface area contributed by atoms with Crippen LogP contribution in [-0.2, 0) is 6.42 Å². The molecule has 0 bridgehead atoms. The molecule has 6 nitrogen and oxygen atoms in total. The zero-order valence-corrected chi connectivity index (χ0v) is 8.09. The molecule has 78 valence electrons. The van der Waals surface area contributed by atoms with E-state index in [2.05, 4.69) is 20.3 Å². The lowest BCUT2D eigenvalue weighted by Crippen LogP contribution is -2.54. The highest BCUT2D eigenvalue weighted by Crippen LogP contribution is 2.09. The average Bonchev–Trinajstić information content (AvgIpc) is 2.18. The van der Waals surface area contributed by atoms with Gasteiger partial charge in [0.15, 0.2) is 5.79 Å². The van der Waals surface area contributed by atoms with Crippen molar-refractivity contribution in [3.8, 4) is 0 Å². The van der Waals surface area contributed by atoms with Gasteiger partial charge < -0.3 is 11.1 Å². The number of aliphatic imine (C=N–C) groups is 1. The molecule has 0 radical (unpaired) electrons. The molecule has 1 aromatic rings. The van der Waals surface area contributed by atoms with Gasteiger partial charge in [0.25, 0.3) is 0 Å². The van der Waals surface area contributed by atoms with E-state index in [0.717, 1.165) is 5.69 Å². The molecule has 0 aliphatic carbocycles. The van der Waals surface area contributed by atoms with Crippen LogP contribution in [0, 0.1) is 0 Å². The Bertz CT molecular complexity index is 398. The number of rotatable bonds is 2. The highest BCUT2D eigenvalue weighted by Gasteiger charge is 2.25. The lowest BCUT2D eigenvalue weighted by Gasteiger charge is -2.27. The second-order valence-corrected chi connectivity index (χ2v) is 3.31. The Morgan fingerprint density at radius 1 is 1.40 bits per heavy atom. The van der Waals surface area contributed by atoms with Crippen molar-refractivity contribution in [1.29, 1.82) is 0 Å². The van der Waals surface area contributed by atoms with Crippen LogP contribution in [0.1, 0.15) is 5.69 Å². The van der Waals surface area contributed by atoms with Gasteiger partial charge in [0.1, 0.15) is 5.84 Å². The van der Waals surface area contributed by atoms with Gasteiger partial charge in [0, 0.05) is 31.2 Å². The normalized spacial score (nSPS) is 24.5. The van der Waals surface area contributed by atoms with Gasteiger partial charge in [0.2, 0.25) is 0 Å². The van der Waals surface area contributed by atoms with Crippen molar-refractivity contribution < 1.29 is 0 Å². The Hall–Kier alpha value is -1.95. The number of nitrogens with two attached hydrogens (primary N) is 2. The van der Waals surface area contributed by atoms with E-state index in [0.29, 0.717) is 12.3 Å². The molecule has 5 N–H and O–H groups in total. The molecule has 0 aromatic carbocycles. The third-order valence-electron chi connectivity index (χ3n) is 1.98. The van der Waals surface area contributed by atoms with Crippen LogP contribution in [0.2, 0.25) is 0 Å². The summed E-state index contributed by atoms with van der Waals surface area (Å²) in [5.41, 5.74) is 12.3. The van der Waals surface area contributed by atoms with Crippen LogP contribution < -0.4 is 16.8 Å². The maximum Gasteiger partial charge on any atom is 0.189 e. The van der Waals surface area contributed by atoms with Gasteiger partial charge in [-0.25, -0.2) is 4.99 Å². The number of hydrogen-bond donors (Lipinski definition) is 3. The fourth-order valence-corrected chi connectivity index (χ4v) is 1.36. The van der Waals surface area contributed by atoms with E-state index in [-0.39, 0.29) is 0 Å². The predicted molar refractivity (Wildman–Crippen MR) is 56.6 cm³/mol. The van der Waals surface area contributed by atoms with Crippen molar-refractivity contribution >= 4 is 5.84 Å². The molecule has 1 aromatic heterocycles. The van der Waals surface area contributed by atoms with Crippen molar-refractivity contribution in [2.45, 2.75) is 12.2 Å². The number of nitrogens with one attached hydrogen (secondary N) is 1. The summed E-state index contributed by atoms with van der Waals surface area (Å²) in [6.45, 7) is 0. The first-order valence-electron chi connectivity index (χ1n) is 4.51. The monoisotopic (exact) mass is 204 g/mol. The van der Waals surface area contributed by atoms with Crippen LogP contribution in [0.15, 0.2) is 35.9 Å². The minimum atomic E-state index is -0.922. The zero-order chi connectivity index (χ0) is 10.7. The number of amidine groups is 1. The predicted octanol–water partition coefficient (Wildman–Crippen LogP) is -0.894. The summed E-state index contributed by atoms with van der Waals surface area (Å²) >= 11 is 0. The molecule has 0 spiro atoms. The zero-order valence-electron chi connectivity index (χ0n) is 8.09. The SMILES string of the molecule is NC1=NC(N)(Cc2cnccn2)NC=C1. The van der Waals surface area contributed by atoms with Crippen molar-refractivity contribution in [1.82, 2.24) is 15.3 Å². The van der Waals surface area contributed by atoms with E-state index in [4.69, 9.17) is 11.5 Å². The fourth-order valence-electron chi connectivity index (χ4n) is 1.36. The molecular weight excluding hydrogens is 192 g/mol. The summed E-state index contributed by atoms with van der Waals surface area (Å²) in [4.78, 5) is 12.2. The molecule has 1 aliphatic rings. The maximum absolute atomic E-state index is 5.98. The van der Waals surface area contributed by atoms with Crippen molar-refractivity contribution in [2.24, 2.45) is 16.5 Å². The molecule has 2 rings (SSSR count). The quantitative estimate of drug-likeness (QED) is 0.579. The molecule has 6 heteroatoms. The molecule has 1 aliphatic heterocycles. The Balaban J connectivity index is 2.16. The molecular formula is C9H12N6. The highest BCUT2D eigenvalue weighted by atomic mass is 15.3. The van der Waals surface area contributed by atoms with E-state index in [1.165, 1.54) is 0 Å². The second-order valence-electron chi connectivity index (χ2n) is 3.31. The highest BCUT2D eigenvalue weighted by molar-refractivity contribution is 5.92. The summed E-state index contributed by atoms with van der Waals surface area (Å²) in [6, 6.07) is 0. The summed E-state index contributed by atoms with van der Waals surface area (Å²) in [5, 5.41) is 2.94. The van der Waals surface area contributed by atoms with E-state index < -0.39 is 5.79 Å². The number of aromatic nitrogens is 2. The lowest BCUT2D eigenvalue weighted by atomic mass is 10.2. The standard InChI is InChI=1S/C9H12N6/c10-8-1-2-14-9(11,15-8)5-7-6-12-3-4-13-7/h1-4,6,14H,5,11H2,(H2,10,15). The Labute approximate surface area is 87.1 Å². The van der Waals surface area contributed by atoms with E-state index in [1.54, 1.807) is 30.9 Å². The van der Waals surface area contributed by atoms with Gasteiger partial charge in [-0.15, -0.1) is 0 Å². The van der Waals surface area contributed by atoms with Crippen LogP contribution in [-0.4, -0.2) is 21.6 Å². The summed E-state index contributed by atoms with van der Waals surface area (Å²) in [7, 11) is 0. The van der Waals surface area contributed by atoms with Gasteiger partial charge in [-0.1, -0.05) is 0 Å². The molecule has 0 saturated heterocycles. The van der Waals surface area contributed by atoms with E-state index in [1.807, 2.05) is 0 Å². The lowest BCUT2D eigenvalue weighted by molar-refractivity contribution is 0.386. The van der Waals surface area contributed by atoms with E-state index in [9.17, 15) is 0 Å². The molecule has 1 atom stereocenters. The van der Waals surface area contributed by atoms with Crippen LogP contribution in [0.25, 0.3) is 0 Å². The van der Waals surface area contributed by atoms with Crippen LogP contribution in [0.5, 0.6) is 0 Å². The van der Waals surface area contributed by atoms with E-state index >= 15 is 0 Å². The van der Waals surface area contributed by atoms with Gasteiger partial charge in [-0.2, -0.15) is 0 Å². The van der Waals surface area contributed by atoms with Crippen molar-refractivity contribution in [3.63, 3.8) is 0 Å². The second kappa shape index (κ2) is 3.66. The largest absolute Gasteiger partial charge is 0.384 e.